The van der Waals surface area contributed by atoms with Gasteiger partial charge in [-0.1, -0.05) is 20.8 Å². The van der Waals surface area contributed by atoms with Crippen LogP contribution in [0.15, 0.2) is 0 Å². The third kappa shape index (κ3) is 2.99. The van der Waals surface area contributed by atoms with Crippen LogP contribution in [0.5, 0.6) is 0 Å². The van der Waals surface area contributed by atoms with Crippen LogP contribution in [0.4, 0.5) is 0 Å². The summed E-state index contributed by atoms with van der Waals surface area (Å²) < 4.78 is 0. The Balaban J connectivity index is 2.54. The van der Waals surface area contributed by atoms with Crippen molar-refractivity contribution in [2.75, 3.05) is 6.54 Å². The van der Waals surface area contributed by atoms with Gasteiger partial charge in [0, 0.05) is 12.5 Å². The Bertz CT molecular complexity index is 196. The van der Waals surface area contributed by atoms with Gasteiger partial charge in [-0.15, -0.1) is 0 Å². The lowest BCUT2D eigenvalue weighted by molar-refractivity contribution is -0.177. The van der Waals surface area contributed by atoms with Gasteiger partial charge in [-0.25, -0.2) is 5.06 Å². The van der Waals surface area contributed by atoms with E-state index in [1.807, 2.05) is 0 Å². The average molecular weight is 185 g/mol. The minimum absolute atomic E-state index is 0.0266. The van der Waals surface area contributed by atoms with Gasteiger partial charge in [0.15, 0.2) is 0 Å². The summed E-state index contributed by atoms with van der Waals surface area (Å²) >= 11 is 0. The van der Waals surface area contributed by atoms with E-state index in [0.29, 0.717) is 6.54 Å². The molecule has 3 nitrogen and oxygen atoms in total. The normalized spacial score (nSPS) is 25.1. The first-order chi connectivity index (χ1) is 5.90. The van der Waals surface area contributed by atoms with Gasteiger partial charge in [0.2, 0.25) is 5.91 Å². The number of hydrogen-bond acceptors (Lipinski definition) is 2. The second-order valence-electron chi connectivity index (χ2n) is 5.07. The molecule has 1 rings (SSSR count). The maximum Gasteiger partial charge on any atom is 0.249 e. The first-order valence-corrected chi connectivity index (χ1v) is 4.90. The second kappa shape index (κ2) is 3.66. The maximum absolute atomic E-state index is 11.5. The molecule has 0 saturated carbocycles. The number of rotatable bonds is 1. The van der Waals surface area contributed by atoms with Gasteiger partial charge in [-0.2, -0.15) is 0 Å². The first-order valence-electron chi connectivity index (χ1n) is 4.90. The fourth-order valence-corrected chi connectivity index (χ4v) is 1.86. The highest BCUT2D eigenvalue weighted by molar-refractivity contribution is 5.78. The molecule has 1 fully saturated rings. The molecule has 13 heavy (non-hydrogen) atoms. The van der Waals surface area contributed by atoms with Gasteiger partial charge in [-0.05, 0) is 24.7 Å². The molecule has 1 unspecified atom stereocenters. The number of hydrogen-bond donors (Lipinski definition) is 1. The first kappa shape index (κ1) is 10.5. The minimum atomic E-state index is -0.0961. The number of piperidine rings is 1. The zero-order valence-corrected chi connectivity index (χ0v) is 8.71. The van der Waals surface area contributed by atoms with Crippen LogP contribution in [-0.2, 0) is 4.79 Å². The number of hydroxylamine groups is 2. The topological polar surface area (TPSA) is 40.5 Å². The van der Waals surface area contributed by atoms with Crippen molar-refractivity contribution in [1.82, 2.24) is 5.06 Å². The zero-order chi connectivity index (χ0) is 10.1. The van der Waals surface area contributed by atoms with Crippen molar-refractivity contribution in [3.63, 3.8) is 0 Å². The molecule has 0 aromatic carbocycles. The van der Waals surface area contributed by atoms with Gasteiger partial charge >= 0.3 is 0 Å². The molecule has 3 heteroatoms. The summed E-state index contributed by atoms with van der Waals surface area (Å²) in [6, 6.07) is 0. The molecule has 0 aromatic rings. The third-order valence-electron chi connectivity index (χ3n) is 2.38. The van der Waals surface area contributed by atoms with E-state index < -0.39 is 0 Å². The summed E-state index contributed by atoms with van der Waals surface area (Å²) in [5, 5.41) is 10.1. The molecule has 1 heterocycles. The van der Waals surface area contributed by atoms with Crippen LogP contribution < -0.4 is 0 Å². The van der Waals surface area contributed by atoms with Crippen molar-refractivity contribution < 1.29 is 10.0 Å². The van der Waals surface area contributed by atoms with Gasteiger partial charge in [-0.3, -0.25) is 10.0 Å². The highest BCUT2D eigenvalue weighted by Crippen LogP contribution is 2.30. The average Bonchev–Trinajstić information content (AvgIpc) is 1.96. The SMILES string of the molecule is CC(C)(C)CC1CCCN(O)C1=O. The number of nitrogens with zero attached hydrogens (tertiary/aromatic N) is 1. The quantitative estimate of drug-likeness (QED) is 0.635. The summed E-state index contributed by atoms with van der Waals surface area (Å²) in [6.45, 7) is 6.86. The van der Waals surface area contributed by atoms with E-state index >= 15 is 0 Å². The van der Waals surface area contributed by atoms with Crippen LogP contribution in [0.25, 0.3) is 0 Å². The molecular weight excluding hydrogens is 166 g/mol. The van der Waals surface area contributed by atoms with Crippen LogP contribution in [0, 0.1) is 11.3 Å². The van der Waals surface area contributed by atoms with E-state index in [1.54, 1.807) is 0 Å². The molecule has 0 spiro atoms. The molecule has 0 aromatic heterocycles. The Hall–Kier alpha value is -0.570. The van der Waals surface area contributed by atoms with Crippen molar-refractivity contribution in [2.45, 2.75) is 40.0 Å². The van der Waals surface area contributed by atoms with Gasteiger partial charge < -0.3 is 0 Å². The van der Waals surface area contributed by atoms with E-state index in [9.17, 15) is 10.0 Å². The van der Waals surface area contributed by atoms with Crippen LogP contribution in [0.3, 0.4) is 0 Å². The van der Waals surface area contributed by atoms with Gasteiger partial charge in [0.1, 0.15) is 0 Å². The smallest absolute Gasteiger partial charge is 0.249 e. The predicted molar refractivity (Wildman–Crippen MR) is 50.3 cm³/mol. The van der Waals surface area contributed by atoms with E-state index in [1.165, 1.54) is 0 Å². The lowest BCUT2D eigenvalue weighted by atomic mass is 9.81. The summed E-state index contributed by atoms with van der Waals surface area (Å²) in [6.07, 6.45) is 2.71. The van der Waals surface area contributed by atoms with Crippen molar-refractivity contribution in [2.24, 2.45) is 11.3 Å². The summed E-state index contributed by atoms with van der Waals surface area (Å²) in [5.74, 6) is -0.0695. The fraction of sp³-hybridized carbons (Fsp3) is 0.900. The van der Waals surface area contributed by atoms with Gasteiger partial charge in [0.25, 0.3) is 0 Å². The molecule has 0 bridgehead atoms. The summed E-state index contributed by atoms with van der Waals surface area (Å²) in [5.41, 5.74) is 0.165. The van der Waals surface area contributed by atoms with Crippen LogP contribution in [0.1, 0.15) is 40.0 Å². The predicted octanol–water partition coefficient (Wildman–Crippen LogP) is 2.05. The molecule has 0 aliphatic carbocycles. The van der Waals surface area contributed by atoms with Gasteiger partial charge in [0.05, 0.1) is 0 Å². The zero-order valence-electron chi connectivity index (χ0n) is 8.71. The molecule has 76 valence electrons. The standard InChI is InChI=1S/C10H19NO2/c1-10(2,3)7-8-5-4-6-11(13)9(8)12/h8,13H,4-7H2,1-3H3. The van der Waals surface area contributed by atoms with E-state index in [-0.39, 0.29) is 17.2 Å². The van der Waals surface area contributed by atoms with E-state index in [2.05, 4.69) is 20.8 Å². The number of carbonyl (C=O) groups is 1. The van der Waals surface area contributed by atoms with Crippen LogP contribution in [-0.4, -0.2) is 22.7 Å². The lowest BCUT2D eigenvalue weighted by Gasteiger charge is -2.31. The minimum Gasteiger partial charge on any atom is -0.286 e. The molecular formula is C10H19NO2. The largest absolute Gasteiger partial charge is 0.286 e. The molecule has 1 aliphatic heterocycles. The Morgan fingerprint density at radius 2 is 2.15 bits per heavy atom. The number of amides is 1. The molecule has 1 saturated heterocycles. The van der Waals surface area contributed by atoms with E-state index in [0.717, 1.165) is 24.3 Å². The molecule has 0 radical (unpaired) electrons. The molecule has 1 aliphatic rings. The second-order valence-corrected chi connectivity index (χ2v) is 5.07. The van der Waals surface area contributed by atoms with Crippen LogP contribution in [0.2, 0.25) is 0 Å². The Kier molecular flexibility index (Phi) is 2.96. The molecule has 1 amide bonds. The third-order valence-corrected chi connectivity index (χ3v) is 2.38. The monoisotopic (exact) mass is 185 g/mol. The summed E-state index contributed by atoms with van der Waals surface area (Å²) in [7, 11) is 0. The van der Waals surface area contributed by atoms with Crippen LogP contribution >= 0.6 is 0 Å². The molecule has 1 atom stereocenters. The molecule has 1 N–H and O–H groups in total. The van der Waals surface area contributed by atoms with E-state index in [4.69, 9.17) is 0 Å². The highest BCUT2D eigenvalue weighted by atomic mass is 16.5. The summed E-state index contributed by atoms with van der Waals surface area (Å²) in [4.78, 5) is 11.5. The Labute approximate surface area is 79.7 Å². The fourth-order valence-electron chi connectivity index (χ4n) is 1.86. The van der Waals surface area contributed by atoms with Crippen molar-refractivity contribution in [1.29, 1.82) is 0 Å². The Morgan fingerprint density at radius 1 is 1.54 bits per heavy atom. The van der Waals surface area contributed by atoms with Crippen molar-refractivity contribution >= 4 is 5.91 Å². The lowest BCUT2D eigenvalue weighted by Crippen LogP contribution is -2.40. The van der Waals surface area contributed by atoms with Crippen molar-refractivity contribution in [3.8, 4) is 0 Å². The van der Waals surface area contributed by atoms with Crippen molar-refractivity contribution in [3.05, 3.63) is 0 Å². The number of carbonyl (C=O) groups excluding carboxylic acids is 1. The highest BCUT2D eigenvalue weighted by Gasteiger charge is 2.30. The maximum atomic E-state index is 11.5. The Morgan fingerprint density at radius 3 is 2.69 bits per heavy atom.